The molecule has 19 heavy (non-hydrogen) atoms. The highest BCUT2D eigenvalue weighted by molar-refractivity contribution is 5.91. The molecular weight excluding hydrogens is 240 g/mol. The first-order valence-corrected chi connectivity index (χ1v) is 6.56. The van der Waals surface area contributed by atoms with Crippen LogP contribution in [0.25, 0.3) is 0 Å². The van der Waals surface area contributed by atoms with Crippen LogP contribution in [0.15, 0.2) is 34.9 Å². The summed E-state index contributed by atoms with van der Waals surface area (Å²) in [6.45, 7) is 1.80. The van der Waals surface area contributed by atoms with E-state index >= 15 is 0 Å². The summed E-state index contributed by atoms with van der Waals surface area (Å²) in [5.74, 6) is 0.0860. The van der Waals surface area contributed by atoms with Crippen LogP contribution in [0.1, 0.15) is 46.3 Å². The topological polar surface area (TPSA) is 55.1 Å². The standard InChI is InChI=1S/C15H16N2O2/c1-10-9-14(19-17-10)15(18)16-13-8-4-6-11-5-2-3-7-12(11)13/h2-3,5,7,9,13H,4,6,8H2,1H3,(H,16,18)/t13-/m0/s1. The summed E-state index contributed by atoms with van der Waals surface area (Å²) in [4.78, 5) is 12.1. The predicted octanol–water partition coefficient (Wildman–Crippen LogP) is 2.79. The van der Waals surface area contributed by atoms with Crippen molar-refractivity contribution in [2.45, 2.75) is 32.2 Å². The van der Waals surface area contributed by atoms with E-state index in [0.717, 1.165) is 19.3 Å². The fourth-order valence-corrected chi connectivity index (χ4v) is 2.60. The van der Waals surface area contributed by atoms with Gasteiger partial charge < -0.3 is 9.84 Å². The van der Waals surface area contributed by atoms with Gasteiger partial charge in [-0.15, -0.1) is 0 Å². The molecule has 1 amide bonds. The second-order valence-corrected chi connectivity index (χ2v) is 4.95. The van der Waals surface area contributed by atoms with Crippen molar-refractivity contribution in [1.29, 1.82) is 0 Å². The number of nitrogens with zero attached hydrogens (tertiary/aromatic N) is 1. The Labute approximate surface area is 111 Å². The van der Waals surface area contributed by atoms with Crippen molar-refractivity contribution in [3.8, 4) is 0 Å². The summed E-state index contributed by atoms with van der Waals surface area (Å²) in [7, 11) is 0. The zero-order chi connectivity index (χ0) is 13.2. The maximum atomic E-state index is 12.1. The summed E-state index contributed by atoms with van der Waals surface area (Å²) >= 11 is 0. The summed E-state index contributed by atoms with van der Waals surface area (Å²) in [5, 5.41) is 6.77. The highest BCUT2D eigenvalue weighted by atomic mass is 16.5. The molecule has 0 saturated carbocycles. The van der Waals surface area contributed by atoms with Crippen LogP contribution in [-0.4, -0.2) is 11.1 Å². The normalized spacial score (nSPS) is 17.8. The maximum absolute atomic E-state index is 12.1. The van der Waals surface area contributed by atoms with Gasteiger partial charge in [0, 0.05) is 6.07 Å². The molecule has 1 N–H and O–H groups in total. The molecule has 0 saturated heterocycles. The largest absolute Gasteiger partial charge is 0.351 e. The van der Waals surface area contributed by atoms with E-state index in [1.165, 1.54) is 11.1 Å². The third-order valence-corrected chi connectivity index (χ3v) is 3.53. The molecule has 0 bridgehead atoms. The molecule has 0 spiro atoms. The molecule has 0 aliphatic heterocycles. The number of hydrogen-bond acceptors (Lipinski definition) is 3. The number of nitrogens with one attached hydrogen (secondary N) is 1. The van der Waals surface area contributed by atoms with Gasteiger partial charge >= 0.3 is 0 Å². The first kappa shape index (κ1) is 12.0. The quantitative estimate of drug-likeness (QED) is 0.898. The lowest BCUT2D eigenvalue weighted by Gasteiger charge is -2.25. The van der Waals surface area contributed by atoms with Crippen molar-refractivity contribution in [2.24, 2.45) is 0 Å². The molecule has 4 nitrogen and oxygen atoms in total. The molecule has 1 atom stereocenters. The zero-order valence-electron chi connectivity index (χ0n) is 10.8. The smallest absolute Gasteiger partial charge is 0.290 e. The second kappa shape index (κ2) is 4.88. The number of carbonyl (C=O) groups excluding carboxylic acids is 1. The number of fused-ring (bicyclic) bond motifs is 1. The van der Waals surface area contributed by atoms with E-state index in [1.807, 2.05) is 12.1 Å². The molecule has 0 unspecified atom stereocenters. The van der Waals surface area contributed by atoms with E-state index in [2.05, 4.69) is 22.6 Å². The highest BCUT2D eigenvalue weighted by Crippen LogP contribution is 2.29. The van der Waals surface area contributed by atoms with Crippen LogP contribution in [-0.2, 0) is 6.42 Å². The summed E-state index contributed by atoms with van der Waals surface area (Å²) in [6, 6.07) is 10.0. The summed E-state index contributed by atoms with van der Waals surface area (Å²) < 4.78 is 4.99. The maximum Gasteiger partial charge on any atom is 0.290 e. The molecule has 1 aliphatic carbocycles. The van der Waals surface area contributed by atoms with Crippen molar-refractivity contribution in [3.63, 3.8) is 0 Å². The number of carbonyl (C=O) groups is 1. The first-order valence-electron chi connectivity index (χ1n) is 6.56. The SMILES string of the molecule is Cc1cc(C(=O)N[C@H]2CCCc3ccccc32)on1. The van der Waals surface area contributed by atoms with Crippen molar-refractivity contribution in [1.82, 2.24) is 10.5 Å². The van der Waals surface area contributed by atoms with Gasteiger partial charge in [-0.3, -0.25) is 4.79 Å². The lowest BCUT2D eigenvalue weighted by atomic mass is 9.88. The van der Waals surface area contributed by atoms with Crippen molar-refractivity contribution in [2.75, 3.05) is 0 Å². The van der Waals surface area contributed by atoms with Crippen molar-refractivity contribution in [3.05, 3.63) is 52.9 Å². The molecule has 98 valence electrons. The Morgan fingerprint density at radius 2 is 2.26 bits per heavy atom. The number of aromatic nitrogens is 1. The van der Waals surface area contributed by atoms with Gasteiger partial charge in [-0.25, -0.2) is 0 Å². The van der Waals surface area contributed by atoms with Crippen LogP contribution in [0, 0.1) is 6.92 Å². The molecule has 0 fully saturated rings. The molecule has 2 aromatic rings. The van der Waals surface area contributed by atoms with Gasteiger partial charge in [0.25, 0.3) is 5.91 Å². The van der Waals surface area contributed by atoms with Crippen LogP contribution in [0.5, 0.6) is 0 Å². The minimum absolute atomic E-state index is 0.0721. The third-order valence-electron chi connectivity index (χ3n) is 3.53. The van der Waals surface area contributed by atoms with Crippen molar-refractivity contribution < 1.29 is 9.32 Å². The van der Waals surface area contributed by atoms with E-state index in [0.29, 0.717) is 5.69 Å². The lowest BCUT2D eigenvalue weighted by molar-refractivity contribution is 0.0895. The van der Waals surface area contributed by atoms with Gasteiger partial charge in [-0.2, -0.15) is 0 Å². The monoisotopic (exact) mass is 256 g/mol. The number of aryl methyl sites for hydroxylation is 2. The molecule has 4 heteroatoms. The van der Waals surface area contributed by atoms with Crippen LogP contribution in [0.3, 0.4) is 0 Å². The molecular formula is C15H16N2O2. The average molecular weight is 256 g/mol. The molecule has 1 heterocycles. The second-order valence-electron chi connectivity index (χ2n) is 4.95. The Balaban J connectivity index is 1.79. The molecule has 1 aromatic heterocycles. The Hall–Kier alpha value is -2.10. The predicted molar refractivity (Wildman–Crippen MR) is 70.8 cm³/mol. The molecule has 3 rings (SSSR count). The Bertz CT molecular complexity index is 604. The first-order chi connectivity index (χ1) is 9.24. The molecule has 1 aromatic carbocycles. The lowest BCUT2D eigenvalue weighted by Crippen LogP contribution is -2.30. The van der Waals surface area contributed by atoms with Crippen LogP contribution in [0.4, 0.5) is 0 Å². The average Bonchev–Trinajstić information content (AvgIpc) is 2.86. The van der Waals surface area contributed by atoms with Gasteiger partial charge in [0.15, 0.2) is 0 Å². The Morgan fingerprint density at radius 1 is 1.42 bits per heavy atom. The van der Waals surface area contributed by atoms with E-state index in [4.69, 9.17) is 4.52 Å². The van der Waals surface area contributed by atoms with Crippen LogP contribution < -0.4 is 5.32 Å². The number of benzene rings is 1. The molecule has 1 aliphatic rings. The number of rotatable bonds is 2. The van der Waals surface area contributed by atoms with E-state index in [-0.39, 0.29) is 17.7 Å². The van der Waals surface area contributed by atoms with Gasteiger partial charge in [-0.1, -0.05) is 29.4 Å². The van der Waals surface area contributed by atoms with E-state index < -0.39 is 0 Å². The third kappa shape index (κ3) is 2.38. The summed E-state index contributed by atoms with van der Waals surface area (Å²) in [6.07, 6.45) is 3.15. The fraction of sp³-hybridized carbons (Fsp3) is 0.333. The summed E-state index contributed by atoms with van der Waals surface area (Å²) in [5.41, 5.74) is 3.26. The van der Waals surface area contributed by atoms with Gasteiger partial charge in [0.05, 0.1) is 11.7 Å². The highest BCUT2D eigenvalue weighted by Gasteiger charge is 2.23. The number of amides is 1. The van der Waals surface area contributed by atoms with E-state index in [9.17, 15) is 4.79 Å². The van der Waals surface area contributed by atoms with Crippen LogP contribution >= 0.6 is 0 Å². The van der Waals surface area contributed by atoms with Gasteiger partial charge in [0.2, 0.25) is 5.76 Å². The van der Waals surface area contributed by atoms with Crippen LogP contribution in [0.2, 0.25) is 0 Å². The van der Waals surface area contributed by atoms with E-state index in [1.54, 1.807) is 13.0 Å². The Morgan fingerprint density at radius 3 is 3.05 bits per heavy atom. The zero-order valence-corrected chi connectivity index (χ0v) is 10.8. The fourth-order valence-electron chi connectivity index (χ4n) is 2.60. The minimum atomic E-state index is -0.192. The number of hydrogen-bond donors (Lipinski definition) is 1. The minimum Gasteiger partial charge on any atom is -0.351 e. The van der Waals surface area contributed by atoms with Crippen molar-refractivity contribution >= 4 is 5.91 Å². The van der Waals surface area contributed by atoms with Gasteiger partial charge in [0.1, 0.15) is 0 Å². The molecule has 0 radical (unpaired) electrons. The Kier molecular flexibility index (Phi) is 3.07. The van der Waals surface area contributed by atoms with Gasteiger partial charge in [-0.05, 0) is 37.3 Å².